The van der Waals surface area contributed by atoms with E-state index in [0.717, 1.165) is 69.2 Å². The topological polar surface area (TPSA) is 62.6 Å². The monoisotopic (exact) mass is 397 g/mol. The third-order valence-electron chi connectivity index (χ3n) is 5.71. The van der Waals surface area contributed by atoms with Crippen LogP contribution in [0, 0.1) is 0 Å². The number of benzene rings is 1. The third kappa shape index (κ3) is 5.16. The number of nitrogens with zero attached hydrogens (tertiary/aromatic N) is 4. The standard InChI is InChI=1S/C22H31N5O2/c1-3-27-16-20(21(24-27)17-4-5-17)22(28)23-18-6-8-19(9-7-18)29-15-14-26-12-10-25(2)11-13-26/h6-9,16-17H,3-5,10-15H2,1-2H3,(H,23,28). The highest BCUT2D eigenvalue weighted by Crippen LogP contribution is 2.40. The maximum absolute atomic E-state index is 12.7. The Kier molecular flexibility index (Phi) is 6.16. The summed E-state index contributed by atoms with van der Waals surface area (Å²) in [5, 5.41) is 7.57. The molecular formula is C22H31N5O2. The highest BCUT2D eigenvalue weighted by Gasteiger charge is 2.31. The maximum atomic E-state index is 12.7. The lowest BCUT2D eigenvalue weighted by Crippen LogP contribution is -2.45. The normalized spacial score (nSPS) is 18.0. The molecule has 2 aromatic rings. The first-order valence-electron chi connectivity index (χ1n) is 10.6. The van der Waals surface area contributed by atoms with Gasteiger partial charge >= 0.3 is 0 Å². The van der Waals surface area contributed by atoms with Crippen LogP contribution in [0.25, 0.3) is 0 Å². The minimum absolute atomic E-state index is 0.0877. The summed E-state index contributed by atoms with van der Waals surface area (Å²) in [7, 11) is 2.16. The fourth-order valence-electron chi connectivity index (χ4n) is 3.63. The van der Waals surface area contributed by atoms with Crippen LogP contribution in [-0.4, -0.2) is 71.9 Å². The molecule has 7 nitrogen and oxygen atoms in total. The quantitative estimate of drug-likeness (QED) is 0.742. The molecule has 1 aromatic heterocycles. The number of hydrogen-bond acceptors (Lipinski definition) is 5. The molecule has 1 aliphatic heterocycles. The molecule has 1 N–H and O–H groups in total. The largest absolute Gasteiger partial charge is 0.492 e. The second kappa shape index (κ2) is 8.97. The van der Waals surface area contributed by atoms with Gasteiger partial charge in [0, 0.05) is 57.1 Å². The van der Waals surface area contributed by atoms with Crippen molar-refractivity contribution in [1.82, 2.24) is 19.6 Å². The molecule has 1 aliphatic carbocycles. The van der Waals surface area contributed by atoms with Gasteiger partial charge in [-0.25, -0.2) is 0 Å². The van der Waals surface area contributed by atoms with E-state index in [9.17, 15) is 4.79 Å². The Morgan fingerprint density at radius 1 is 1.17 bits per heavy atom. The zero-order chi connectivity index (χ0) is 20.2. The Balaban J connectivity index is 1.28. The number of ether oxygens (including phenoxy) is 1. The minimum Gasteiger partial charge on any atom is -0.492 e. The van der Waals surface area contributed by atoms with Gasteiger partial charge in [-0.3, -0.25) is 14.4 Å². The Morgan fingerprint density at radius 2 is 1.90 bits per heavy atom. The predicted octanol–water partition coefficient (Wildman–Crippen LogP) is 2.66. The van der Waals surface area contributed by atoms with E-state index in [0.29, 0.717) is 18.1 Å². The van der Waals surface area contributed by atoms with Crippen molar-refractivity contribution in [3.63, 3.8) is 0 Å². The van der Waals surface area contributed by atoms with Crippen molar-refractivity contribution >= 4 is 11.6 Å². The molecule has 4 rings (SSSR count). The fourth-order valence-corrected chi connectivity index (χ4v) is 3.63. The zero-order valence-corrected chi connectivity index (χ0v) is 17.4. The molecule has 0 bridgehead atoms. The van der Waals surface area contributed by atoms with Crippen molar-refractivity contribution in [3.8, 4) is 5.75 Å². The van der Waals surface area contributed by atoms with Crippen LogP contribution in [0.5, 0.6) is 5.75 Å². The summed E-state index contributed by atoms with van der Waals surface area (Å²) in [6.45, 7) is 8.86. The SMILES string of the molecule is CCn1cc(C(=O)Nc2ccc(OCCN3CCN(C)CC3)cc2)c(C2CC2)n1. The minimum atomic E-state index is -0.0877. The highest BCUT2D eigenvalue weighted by atomic mass is 16.5. The fraction of sp³-hybridized carbons (Fsp3) is 0.545. The highest BCUT2D eigenvalue weighted by molar-refractivity contribution is 6.05. The van der Waals surface area contributed by atoms with Crippen LogP contribution in [0.2, 0.25) is 0 Å². The van der Waals surface area contributed by atoms with Gasteiger partial charge in [0.25, 0.3) is 5.91 Å². The van der Waals surface area contributed by atoms with E-state index in [1.807, 2.05) is 42.1 Å². The first kappa shape index (κ1) is 19.9. The smallest absolute Gasteiger partial charge is 0.259 e. The lowest BCUT2D eigenvalue weighted by Gasteiger charge is -2.32. The van der Waals surface area contributed by atoms with Crippen LogP contribution in [0.3, 0.4) is 0 Å². The lowest BCUT2D eigenvalue weighted by atomic mass is 10.1. The van der Waals surface area contributed by atoms with Crippen LogP contribution in [0.15, 0.2) is 30.5 Å². The van der Waals surface area contributed by atoms with Gasteiger partial charge in [0.1, 0.15) is 12.4 Å². The number of carbonyl (C=O) groups excluding carboxylic acids is 1. The van der Waals surface area contributed by atoms with E-state index < -0.39 is 0 Å². The molecule has 2 fully saturated rings. The van der Waals surface area contributed by atoms with Gasteiger partial charge in [-0.05, 0) is 51.1 Å². The molecule has 1 amide bonds. The second-order valence-electron chi connectivity index (χ2n) is 8.03. The van der Waals surface area contributed by atoms with E-state index in [2.05, 4.69) is 27.3 Å². The first-order valence-corrected chi connectivity index (χ1v) is 10.6. The van der Waals surface area contributed by atoms with Crippen LogP contribution in [0.1, 0.15) is 41.7 Å². The number of amides is 1. The number of aromatic nitrogens is 2. The Labute approximate surface area is 172 Å². The summed E-state index contributed by atoms with van der Waals surface area (Å²) in [4.78, 5) is 17.5. The molecule has 1 saturated carbocycles. The molecule has 29 heavy (non-hydrogen) atoms. The Hall–Kier alpha value is -2.38. The number of piperazine rings is 1. The van der Waals surface area contributed by atoms with Crippen molar-refractivity contribution in [2.24, 2.45) is 0 Å². The van der Waals surface area contributed by atoms with E-state index in [1.54, 1.807) is 0 Å². The molecular weight excluding hydrogens is 366 g/mol. The number of carbonyl (C=O) groups is 1. The Bertz CT molecular complexity index is 820. The summed E-state index contributed by atoms with van der Waals surface area (Å²) in [6.07, 6.45) is 4.11. The lowest BCUT2D eigenvalue weighted by molar-refractivity contribution is 0.102. The number of likely N-dealkylation sites (N-methyl/N-ethyl adjacent to an activating group) is 1. The van der Waals surface area contributed by atoms with Gasteiger partial charge in [0.2, 0.25) is 0 Å². The Morgan fingerprint density at radius 3 is 2.55 bits per heavy atom. The molecule has 0 unspecified atom stereocenters. The first-order chi connectivity index (χ1) is 14.1. The maximum Gasteiger partial charge on any atom is 0.259 e. The summed E-state index contributed by atoms with van der Waals surface area (Å²) in [6, 6.07) is 7.61. The molecule has 7 heteroatoms. The molecule has 2 aliphatic rings. The molecule has 0 radical (unpaired) electrons. The third-order valence-corrected chi connectivity index (χ3v) is 5.71. The van der Waals surface area contributed by atoms with Gasteiger partial charge < -0.3 is 15.0 Å². The second-order valence-corrected chi connectivity index (χ2v) is 8.03. The van der Waals surface area contributed by atoms with Crippen molar-refractivity contribution in [3.05, 3.63) is 41.7 Å². The van der Waals surface area contributed by atoms with Crippen molar-refractivity contribution in [2.75, 3.05) is 51.7 Å². The van der Waals surface area contributed by atoms with Crippen molar-refractivity contribution < 1.29 is 9.53 Å². The average molecular weight is 398 g/mol. The zero-order valence-electron chi connectivity index (χ0n) is 17.4. The van der Waals surface area contributed by atoms with Gasteiger partial charge in [-0.2, -0.15) is 5.10 Å². The molecule has 0 atom stereocenters. The van der Waals surface area contributed by atoms with Gasteiger partial charge in [0.15, 0.2) is 0 Å². The van der Waals surface area contributed by atoms with E-state index in [1.165, 1.54) is 0 Å². The van der Waals surface area contributed by atoms with Crippen LogP contribution >= 0.6 is 0 Å². The van der Waals surface area contributed by atoms with Gasteiger partial charge in [-0.1, -0.05) is 0 Å². The average Bonchev–Trinajstić information content (AvgIpc) is 3.49. The molecule has 1 aromatic carbocycles. The van der Waals surface area contributed by atoms with Crippen molar-refractivity contribution in [1.29, 1.82) is 0 Å². The predicted molar refractivity (Wildman–Crippen MR) is 114 cm³/mol. The van der Waals surface area contributed by atoms with E-state index >= 15 is 0 Å². The summed E-state index contributed by atoms with van der Waals surface area (Å²) >= 11 is 0. The number of hydrogen-bond donors (Lipinski definition) is 1. The molecule has 2 heterocycles. The van der Waals surface area contributed by atoms with Crippen molar-refractivity contribution in [2.45, 2.75) is 32.2 Å². The molecule has 1 saturated heterocycles. The van der Waals surface area contributed by atoms with E-state index in [4.69, 9.17) is 4.74 Å². The summed E-state index contributed by atoms with van der Waals surface area (Å²) in [5.74, 6) is 1.18. The summed E-state index contributed by atoms with van der Waals surface area (Å²) < 4.78 is 7.72. The number of nitrogens with one attached hydrogen (secondary N) is 1. The van der Waals surface area contributed by atoms with Gasteiger partial charge in [0.05, 0.1) is 11.3 Å². The van der Waals surface area contributed by atoms with Crippen LogP contribution < -0.4 is 10.1 Å². The molecule has 156 valence electrons. The number of aryl methyl sites for hydroxylation is 1. The number of rotatable bonds is 8. The molecule has 0 spiro atoms. The van der Waals surface area contributed by atoms with Gasteiger partial charge in [-0.15, -0.1) is 0 Å². The van der Waals surface area contributed by atoms with E-state index in [-0.39, 0.29) is 5.91 Å². The van der Waals surface area contributed by atoms with Crippen LogP contribution in [-0.2, 0) is 6.54 Å². The number of anilines is 1. The summed E-state index contributed by atoms with van der Waals surface area (Å²) in [5.41, 5.74) is 2.41. The van der Waals surface area contributed by atoms with Crippen LogP contribution in [0.4, 0.5) is 5.69 Å².